The smallest absolute Gasteiger partial charge is 0.338 e. The van der Waals surface area contributed by atoms with Crippen LogP contribution in [0, 0.1) is 6.92 Å². The first kappa shape index (κ1) is 22.6. The van der Waals surface area contributed by atoms with Gasteiger partial charge in [-0.25, -0.2) is 9.78 Å². The highest BCUT2D eigenvalue weighted by Crippen LogP contribution is 2.28. The molecule has 9 heteroatoms. The number of aryl methyl sites for hydroxylation is 1. The third kappa shape index (κ3) is 5.36. The molecule has 8 nitrogen and oxygen atoms in total. The summed E-state index contributed by atoms with van der Waals surface area (Å²) < 4.78 is 5.22. The number of aromatic amines is 1. The van der Waals surface area contributed by atoms with Crippen molar-refractivity contribution in [3.63, 3.8) is 0 Å². The van der Waals surface area contributed by atoms with E-state index in [0.29, 0.717) is 50.9 Å². The molecule has 0 unspecified atom stereocenters. The average molecular weight is 443 g/mol. The standard InChI is InChI=1S/C22H26N4O4S/c1-5-6-10-30-22(29)14-8-7-9-15(11-14)23-20(28)18-13(2)17-19(27)24-16(12-26(3)4)25-21(17)31-18/h7-9,11H,5-6,10,12H2,1-4H3,(H,23,28)(H,24,25,27). The van der Waals surface area contributed by atoms with Crippen LogP contribution in [0.3, 0.4) is 0 Å². The summed E-state index contributed by atoms with van der Waals surface area (Å²) in [6.45, 7) is 4.61. The van der Waals surface area contributed by atoms with Gasteiger partial charge in [0.2, 0.25) is 0 Å². The molecule has 0 saturated carbocycles. The first-order valence-corrected chi connectivity index (χ1v) is 10.9. The molecule has 2 aromatic heterocycles. The Kier molecular flexibility index (Phi) is 7.19. The van der Waals surface area contributed by atoms with Gasteiger partial charge in [0.15, 0.2) is 0 Å². The van der Waals surface area contributed by atoms with Gasteiger partial charge in [0.1, 0.15) is 10.7 Å². The van der Waals surface area contributed by atoms with Gasteiger partial charge in [0.25, 0.3) is 11.5 Å². The Labute approximate surface area is 184 Å². The van der Waals surface area contributed by atoms with Gasteiger partial charge in [-0.1, -0.05) is 19.4 Å². The Bertz CT molecular complexity index is 1170. The summed E-state index contributed by atoms with van der Waals surface area (Å²) in [6, 6.07) is 6.60. The molecule has 1 amide bonds. The monoisotopic (exact) mass is 442 g/mol. The molecule has 0 aliphatic carbocycles. The number of aromatic nitrogens is 2. The molecule has 31 heavy (non-hydrogen) atoms. The minimum absolute atomic E-state index is 0.258. The maximum absolute atomic E-state index is 12.9. The molecule has 3 rings (SSSR count). The van der Waals surface area contributed by atoms with Crippen molar-refractivity contribution in [2.75, 3.05) is 26.0 Å². The highest BCUT2D eigenvalue weighted by atomic mass is 32.1. The number of carbonyl (C=O) groups is 2. The van der Waals surface area contributed by atoms with Crippen LogP contribution in [-0.4, -0.2) is 47.4 Å². The van der Waals surface area contributed by atoms with Gasteiger partial charge in [-0.2, -0.15) is 0 Å². The molecule has 0 spiro atoms. The lowest BCUT2D eigenvalue weighted by molar-refractivity contribution is 0.0499. The summed E-state index contributed by atoms with van der Waals surface area (Å²) in [7, 11) is 3.77. The number of ether oxygens (including phenoxy) is 1. The van der Waals surface area contributed by atoms with E-state index in [1.807, 2.05) is 25.9 Å². The minimum atomic E-state index is -0.424. The number of thiophene rings is 1. The molecule has 0 saturated heterocycles. The van der Waals surface area contributed by atoms with Crippen LogP contribution in [0.25, 0.3) is 10.2 Å². The summed E-state index contributed by atoms with van der Waals surface area (Å²) >= 11 is 1.18. The molecule has 3 aromatic rings. The normalized spacial score (nSPS) is 11.1. The van der Waals surface area contributed by atoms with E-state index in [-0.39, 0.29) is 11.5 Å². The third-order valence-electron chi connectivity index (χ3n) is 4.61. The molecular formula is C22H26N4O4S. The van der Waals surface area contributed by atoms with Gasteiger partial charge in [0, 0.05) is 5.69 Å². The van der Waals surface area contributed by atoms with E-state index < -0.39 is 5.97 Å². The van der Waals surface area contributed by atoms with E-state index in [4.69, 9.17) is 4.74 Å². The first-order chi connectivity index (χ1) is 14.8. The highest BCUT2D eigenvalue weighted by molar-refractivity contribution is 7.20. The van der Waals surface area contributed by atoms with E-state index in [2.05, 4.69) is 15.3 Å². The van der Waals surface area contributed by atoms with E-state index in [0.717, 1.165) is 12.8 Å². The minimum Gasteiger partial charge on any atom is -0.462 e. The molecule has 0 bridgehead atoms. The number of nitrogens with zero attached hydrogens (tertiary/aromatic N) is 2. The lowest BCUT2D eigenvalue weighted by Crippen LogP contribution is -2.18. The second kappa shape index (κ2) is 9.84. The number of rotatable bonds is 8. The Balaban J connectivity index is 1.83. The number of nitrogens with one attached hydrogen (secondary N) is 2. The molecule has 2 heterocycles. The van der Waals surface area contributed by atoms with Gasteiger partial charge in [-0.05, 0) is 51.2 Å². The average Bonchev–Trinajstić information content (AvgIpc) is 3.04. The molecule has 0 aliphatic heterocycles. The molecule has 1 aromatic carbocycles. The number of hydrogen-bond donors (Lipinski definition) is 2. The summed E-state index contributed by atoms with van der Waals surface area (Å²) in [5.74, 6) is -0.234. The fourth-order valence-electron chi connectivity index (χ4n) is 3.08. The number of esters is 1. The summed E-state index contributed by atoms with van der Waals surface area (Å²) in [5.41, 5.74) is 1.17. The first-order valence-electron chi connectivity index (χ1n) is 10.1. The SMILES string of the molecule is CCCCOC(=O)c1cccc(NC(=O)c2sc3nc(CN(C)C)[nH]c(=O)c3c2C)c1. The molecule has 2 N–H and O–H groups in total. The van der Waals surface area contributed by atoms with Gasteiger partial charge < -0.3 is 19.9 Å². The lowest BCUT2D eigenvalue weighted by Gasteiger charge is -2.08. The third-order valence-corrected chi connectivity index (χ3v) is 5.79. The van der Waals surface area contributed by atoms with Crippen molar-refractivity contribution in [1.82, 2.24) is 14.9 Å². The number of benzene rings is 1. The van der Waals surface area contributed by atoms with Crippen molar-refractivity contribution in [2.24, 2.45) is 0 Å². The zero-order valence-corrected chi connectivity index (χ0v) is 18.9. The number of amides is 1. The van der Waals surface area contributed by atoms with Crippen LogP contribution in [0.2, 0.25) is 0 Å². The van der Waals surface area contributed by atoms with Gasteiger partial charge in [-0.15, -0.1) is 11.3 Å². The maximum Gasteiger partial charge on any atom is 0.338 e. The zero-order chi connectivity index (χ0) is 22.5. The van der Waals surface area contributed by atoms with Crippen LogP contribution < -0.4 is 10.9 Å². The zero-order valence-electron chi connectivity index (χ0n) is 18.1. The largest absolute Gasteiger partial charge is 0.462 e. The van der Waals surface area contributed by atoms with E-state index in [1.54, 1.807) is 31.2 Å². The lowest BCUT2D eigenvalue weighted by atomic mass is 10.2. The predicted octanol–water partition coefficient (Wildman–Crippen LogP) is 3.56. The van der Waals surface area contributed by atoms with Crippen LogP contribution in [-0.2, 0) is 11.3 Å². The number of carbonyl (C=O) groups excluding carboxylic acids is 2. The Morgan fingerprint density at radius 1 is 1.29 bits per heavy atom. The van der Waals surface area contributed by atoms with Gasteiger partial charge >= 0.3 is 5.97 Å². The second-order valence-electron chi connectivity index (χ2n) is 7.51. The molecule has 0 fully saturated rings. The van der Waals surface area contributed by atoms with Gasteiger partial charge in [-0.3, -0.25) is 9.59 Å². The molecular weight excluding hydrogens is 416 g/mol. The summed E-state index contributed by atoms with van der Waals surface area (Å²) in [5, 5.41) is 3.23. The van der Waals surface area contributed by atoms with Gasteiger partial charge in [0.05, 0.1) is 29.0 Å². The fourth-order valence-corrected chi connectivity index (χ4v) is 4.18. The van der Waals surface area contributed by atoms with Crippen LogP contribution in [0.4, 0.5) is 5.69 Å². The Morgan fingerprint density at radius 2 is 2.06 bits per heavy atom. The van der Waals surface area contributed by atoms with Crippen molar-refractivity contribution in [1.29, 1.82) is 0 Å². The quantitative estimate of drug-likeness (QED) is 0.408. The predicted molar refractivity (Wildman–Crippen MR) is 122 cm³/mol. The number of anilines is 1. The van der Waals surface area contributed by atoms with Crippen molar-refractivity contribution in [2.45, 2.75) is 33.2 Å². The summed E-state index contributed by atoms with van der Waals surface area (Å²) in [6.07, 6.45) is 1.74. The number of unbranched alkanes of at least 4 members (excludes halogenated alkanes) is 1. The van der Waals surface area contributed by atoms with E-state index in [9.17, 15) is 14.4 Å². The van der Waals surface area contributed by atoms with Crippen LogP contribution in [0.1, 0.15) is 51.2 Å². The van der Waals surface area contributed by atoms with Crippen molar-refractivity contribution >= 4 is 39.1 Å². The molecule has 0 radical (unpaired) electrons. The Morgan fingerprint density at radius 3 is 2.77 bits per heavy atom. The fraction of sp³-hybridized carbons (Fsp3) is 0.364. The number of fused-ring (bicyclic) bond motifs is 1. The van der Waals surface area contributed by atoms with Crippen molar-refractivity contribution < 1.29 is 14.3 Å². The molecule has 164 valence electrons. The van der Waals surface area contributed by atoms with Crippen LogP contribution in [0.5, 0.6) is 0 Å². The summed E-state index contributed by atoms with van der Waals surface area (Å²) in [4.78, 5) is 47.7. The topological polar surface area (TPSA) is 104 Å². The molecule has 0 atom stereocenters. The Hall–Kier alpha value is -3.04. The maximum atomic E-state index is 12.9. The number of hydrogen-bond acceptors (Lipinski definition) is 7. The van der Waals surface area contributed by atoms with E-state index in [1.165, 1.54) is 11.3 Å². The second-order valence-corrected chi connectivity index (χ2v) is 8.51. The van der Waals surface area contributed by atoms with Crippen molar-refractivity contribution in [3.8, 4) is 0 Å². The van der Waals surface area contributed by atoms with Crippen LogP contribution >= 0.6 is 11.3 Å². The number of H-pyrrole nitrogens is 1. The highest BCUT2D eigenvalue weighted by Gasteiger charge is 2.20. The van der Waals surface area contributed by atoms with E-state index >= 15 is 0 Å². The van der Waals surface area contributed by atoms with Crippen molar-refractivity contribution in [3.05, 3.63) is 56.4 Å². The van der Waals surface area contributed by atoms with Crippen LogP contribution in [0.15, 0.2) is 29.1 Å². The molecule has 0 aliphatic rings.